The Bertz CT molecular complexity index is 1200. The molecule has 0 unspecified atom stereocenters. The maximum absolute atomic E-state index is 12.3. The van der Waals surface area contributed by atoms with Crippen molar-refractivity contribution in [2.24, 2.45) is 0 Å². The summed E-state index contributed by atoms with van der Waals surface area (Å²) in [5.41, 5.74) is 2.52. The van der Waals surface area contributed by atoms with Gasteiger partial charge in [-0.05, 0) is 31.2 Å². The lowest BCUT2D eigenvalue weighted by atomic mass is 10.2. The van der Waals surface area contributed by atoms with Crippen LogP contribution in [0.2, 0.25) is 0 Å². The van der Waals surface area contributed by atoms with E-state index in [4.69, 9.17) is 4.74 Å². The van der Waals surface area contributed by atoms with Crippen molar-refractivity contribution < 1.29 is 9.53 Å². The van der Waals surface area contributed by atoms with Crippen LogP contribution in [0.5, 0.6) is 5.75 Å². The summed E-state index contributed by atoms with van der Waals surface area (Å²) in [7, 11) is 0. The van der Waals surface area contributed by atoms with E-state index in [9.17, 15) is 9.59 Å². The number of hydrogen-bond acceptors (Lipinski definition) is 5. The van der Waals surface area contributed by atoms with E-state index in [0.717, 1.165) is 5.69 Å². The van der Waals surface area contributed by atoms with Crippen molar-refractivity contribution in [3.8, 4) is 5.75 Å². The van der Waals surface area contributed by atoms with Crippen molar-refractivity contribution in [1.29, 1.82) is 0 Å². The molecule has 0 aliphatic carbocycles. The van der Waals surface area contributed by atoms with Gasteiger partial charge in [-0.3, -0.25) is 14.0 Å². The molecule has 2 aromatic carbocycles. The molecule has 2 heterocycles. The Hall–Kier alpha value is -3.45. The predicted molar refractivity (Wildman–Crippen MR) is 109 cm³/mol. The van der Waals surface area contributed by atoms with E-state index in [1.807, 2.05) is 30.5 Å². The van der Waals surface area contributed by atoms with Gasteiger partial charge in [-0.1, -0.05) is 24.3 Å². The number of benzene rings is 2. The number of amides is 1. The summed E-state index contributed by atoms with van der Waals surface area (Å²) < 4.78 is 7.35. The van der Waals surface area contributed by atoms with Gasteiger partial charge in [-0.15, -0.1) is 11.3 Å². The number of anilines is 1. The molecular weight excluding hydrogens is 374 g/mol. The monoisotopic (exact) mass is 391 g/mol. The molecule has 7 heteroatoms. The summed E-state index contributed by atoms with van der Waals surface area (Å²) in [4.78, 5) is 29.6. The average molecular weight is 391 g/mol. The molecule has 0 atom stereocenters. The zero-order valence-corrected chi connectivity index (χ0v) is 15.9. The minimum atomic E-state index is -0.189. The summed E-state index contributed by atoms with van der Waals surface area (Å²) in [6.45, 7) is 2.04. The number of fused-ring (bicyclic) bond motifs is 1. The lowest BCUT2D eigenvalue weighted by molar-refractivity contribution is 0.102. The first kappa shape index (κ1) is 17.9. The van der Waals surface area contributed by atoms with E-state index in [2.05, 4.69) is 10.3 Å². The van der Waals surface area contributed by atoms with Gasteiger partial charge >= 0.3 is 0 Å². The number of aryl methyl sites for hydroxylation is 1. The topological polar surface area (TPSA) is 72.7 Å². The van der Waals surface area contributed by atoms with Gasteiger partial charge < -0.3 is 10.1 Å². The van der Waals surface area contributed by atoms with Crippen molar-refractivity contribution in [3.63, 3.8) is 0 Å². The smallest absolute Gasteiger partial charge is 0.259 e. The molecule has 0 saturated heterocycles. The van der Waals surface area contributed by atoms with E-state index in [-0.39, 0.29) is 18.1 Å². The zero-order valence-electron chi connectivity index (χ0n) is 15.1. The number of aromatic nitrogens is 2. The second-order valence-electron chi connectivity index (χ2n) is 6.22. The van der Waals surface area contributed by atoms with Gasteiger partial charge in [0.1, 0.15) is 12.4 Å². The lowest BCUT2D eigenvalue weighted by Crippen LogP contribution is -2.16. The Morgan fingerprint density at radius 1 is 1.14 bits per heavy atom. The van der Waals surface area contributed by atoms with Crippen molar-refractivity contribution in [2.75, 3.05) is 5.32 Å². The summed E-state index contributed by atoms with van der Waals surface area (Å²) in [6.07, 6.45) is 0. The SMILES string of the molecule is Cc1csc2nc(COc3cccc(NC(=O)c4ccccc4)c3)cc(=O)n12. The molecule has 0 aliphatic rings. The molecule has 1 amide bonds. The van der Waals surface area contributed by atoms with Crippen LogP contribution < -0.4 is 15.6 Å². The molecule has 6 nitrogen and oxygen atoms in total. The van der Waals surface area contributed by atoms with Crippen LogP contribution in [0.25, 0.3) is 4.96 Å². The molecule has 0 bridgehead atoms. The largest absolute Gasteiger partial charge is 0.487 e. The van der Waals surface area contributed by atoms with Gasteiger partial charge in [0.05, 0.1) is 5.69 Å². The van der Waals surface area contributed by atoms with Gasteiger partial charge in [0, 0.05) is 34.5 Å². The highest BCUT2D eigenvalue weighted by molar-refractivity contribution is 7.15. The number of ether oxygens (including phenoxy) is 1. The Labute approximate surface area is 165 Å². The first-order valence-electron chi connectivity index (χ1n) is 8.66. The maximum Gasteiger partial charge on any atom is 0.259 e. The minimum Gasteiger partial charge on any atom is -0.487 e. The fraction of sp³-hybridized carbons (Fsp3) is 0.0952. The molecule has 4 aromatic rings. The van der Waals surface area contributed by atoms with Gasteiger partial charge in [0.2, 0.25) is 0 Å². The number of nitrogens with zero attached hydrogens (tertiary/aromatic N) is 2. The van der Waals surface area contributed by atoms with Crippen molar-refractivity contribution in [2.45, 2.75) is 13.5 Å². The molecule has 0 fully saturated rings. The van der Waals surface area contributed by atoms with Gasteiger partial charge in [0.15, 0.2) is 4.96 Å². The van der Waals surface area contributed by atoms with E-state index >= 15 is 0 Å². The number of hydrogen-bond donors (Lipinski definition) is 1. The van der Waals surface area contributed by atoms with Crippen LogP contribution in [0.15, 0.2) is 70.8 Å². The van der Waals surface area contributed by atoms with Gasteiger partial charge in [-0.25, -0.2) is 4.98 Å². The molecule has 0 spiro atoms. The van der Waals surface area contributed by atoms with E-state index < -0.39 is 0 Å². The third-order valence-corrected chi connectivity index (χ3v) is 5.09. The first-order valence-corrected chi connectivity index (χ1v) is 9.54. The summed E-state index contributed by atoms with van der Waals surface area (Å²) in [5.74, 6) is 0.390. The molecule has 4 rings (SSSR count). The first-order chi connectivity index (χ1) is 13.6. The number of thiazole rings is 1. The molecular formula is C21H17N3O3S. The Morgan fingerprint density at radius 2 is 1.96 bits per heavy atom. The maximum atomic E-state index is 12.3. The van der Waals surface area contributed by atoms with Crippen LogP contribution in [0.1, 0.15) is 21.7 Å². The third kappa shape index (κ3) is 3.79. The zero-order chi connectivity index (χ0) is 19.5. The van der Waals surface area contributed by atoms with E-state index in [0.29, 0.717) is 27.7 Å². The highest BCUT2D eigenvalue weighted by Crippen LogP contribution is 2.19. The summed E-state index contributed by atoms with van der Waals surface area (Å²) >= 11 is 1.42. The Kier molecular flexibility index (Phi) is 4.90. The van der Waals surface area contributed by atoms with E-state index in [1.54, 1.807) is 40.8 Å². The summed E-state index contributed by atoms with van der Waals surface area (Å²) in [5, 5.41) is 4.74. The molecule has 0 radical (unpaired) electrons. The van der Waals surface area contributed by atoms with Gasteiger partial charge in [0.25, 0.3) is 11.5 Å². The average Bonchev–Trinajstić information content (AvgIpc) is 3.08. The number of nitrogens with one attached hydrogen (secondary N) is 1. The van der Waals surface area contributed by atoms with Crippen molar-refractivity contribution in [3.05, 3.63) is 93.3 Å². The van der Waals surface area contributed by atoms with Crippen molar-refractivity contribution >= 4 is 27.9 Å². The Balaban J connectivity index is 1.47. The van der Waals surface area contributed by atoms with Crippen molar-refractivity contribution in [1.82, 2.24) is 9.38 Å². The lowest BCUT2D eigenvalue weighted by Gasteiger charge is -2.09. The Morgan fingerprint density at radius 3 is 2.79 bits per heavy atom. The van der Waals surface area contributed by atoms with Crippen LogP contribution in [0.3, 0.4) is 0 Å². The number of carbonyl (C=O) groups excluding carboxylic acids is 1. The van der Waals surface area contributed by atoms with Crippen LogP contribution >= 0.6 is 11.3 Å². The van der Waals surface area contributed by atoms with Crippen LogP contribution in [0, 0.1) is 6.92 Å². The second kappa shape index (κ2) is 7.66. The van der Waals surface area contributed by atoms with Crippen LogP contribution in [0.4, 0.5) is 5.69 Å². The van der Waals surface area contributed by atoms with Crippen LogP contribution in [-0.2, 0) is 6.61 Å². The highest BCUT2D eigenvalue weighted by atomic mass is 32.1. The molecule has 140 valence electrons. The van der Waals surface area contributed by atoms with E-state index in [1.165, 1.54) is 17.4 Å². The molecule has 28 heavy (non-hydrogen) atoms. The number of carbonyl (C=O) groups is 1. The predicted octanol–water partition coefficient (Wildman–Crippen LogP) is 3.90. The van der Waals surface area contributed by atoms with Gasteiger partial charge in [-0.2, -0.15) is 0 Å². The molecule has 1 N–H and O–H groups in total. The number of rotatable bonds is 5. The quantitative estimate of drug-likeness (QED) is 0.560. The summed E-state index contributed by atoms with van der Waals surface area (Å²) in [6, 6.07) is 17.6. The fourth-order valence-electron chi connectivity index (χ4n) is 2.79. The minimum absolute atomic E-state index is 0.119. The molecule has 2 aromatic heterocycles. The third-order valence-electron chi connectivity index (χ3n) is 4.14. The standard InChI is InChI=1S/C21H17N3O3S/c1-14-13-28-21-23-17(11-19(25)24(14)21)12-27-18-9-5-8-16(10-18)22-20(26)15-6-3-2-4-7-15/h2-11,13H,12H2,1H3,(H,22,26). The van der Waals surface area contributed by atoms with Crippen LogP contribution in [-0.4, -0.2) is 15.3 Å². The molecule has 0 aliphatic heterocycles. The second-order valence-corrected chi connectivity index (χ2v) is 7.05. The highest BCUT2D eigenvalue weighted by Gasteiger charge is 2.08. The normalized spacial score (nSPS) is 10.8. The fourth-order valence-corrected chi connectivity index (χ4v) is 3.68. The molecule has 0 saturated carbocycles.